The predicted molar refractivity (Wildman–Crippen MR) is 71.7 cm³/mol. The van der Waals surface area contributed by atoms with Crippen molar-refractivity contribution >= 4 is 11.6 Å². The van der Waals surface area contributed by atoms with Crippen molar-refractivity contribution in [2.45, 2.75) is 45.4 Å². The molecule has 1 aliphatic rings. The topological polar surface area (TPSA) is 21.3 Å². The summed E-state index contributed by atoms with van der Waals surface area (Å²) in [7, 11) is 0. The van der Waals surface area contributed by atoms with Crippen LogP contribution in [0.15, 0.2) is 18.2 Å². The van der Waals surface area contributed by atoms with E-state index < -0.39 is 6.61 Å². The minimum absolute atomic E-state index is 0.192. The van der Waals surface area contributed by atoms with E-state index in [2.05, 4.69) is 17.0 Å². The van der Waals surface area contributed by atoms with Gasteiger partial charge in [0.15, 0.2) is 0 Å². The first-order valence-electron chi connectivity index (χ1n) is 6.53. The van der Waals surface area contributed by atoms with Crippen molar-refractivity contribution in [1.82, 2.24) is 5.32 Å². The fraction of sp³-hybridized carbons (Fsp3) is 0.571. The summed E-state index contributed by atoms with van der Waals surface area (Å²) in [5.41, 5.74) is 0.673. The van der Waals surface area contributed by atoms with Crippen LogP contribution in [0.2, 0.25) is 5.02 Å². The Morgan fingerprint density at radius 1 is 1.42 bits per heavy atom. The highest BCUT2D eigenvalue weighted by atomic mass is 35.5. The Labute approximate surface area is 117 Å². The summed E-state index contributed by atoms with van der Waals surface area (Å²) in [6, 6.07) is 5.16. The van der Waals surface area contributed by atoms with E-state index in [1.807, 2.05) is 0 Å². The summed E-state index contributed by atoms with van der Waals surface area (Å²) in [5.74, 6) is 0.816. The molecule has 5 heteroatoms. The number of hydrogen-bond acceptors (Lipinski definition) is 2. The van der Waals surface area contributed by atoms with Crippen molar-refractivity contribution in [1.29, 1.82) is 0 Å². The molecule has 0 amide bonds. The lowest BCUT2D eigenvalue weighted by Gasteiger charge is -2.18. The molecule has 2 rings (SSSR count). The van der Waals surface area contributed by atoms with Gasteiger partial charge in [0, 0.05) is 23.2 Å². The molecule has 1 N–H and O–H groups in total. The lowest BCUT2D eigenvalue weighted by atomic mass is 10.1. The van der Waals surface area contributed by atoms with Crippen LogP contribution in [0.3, 0.4) is 0 Å². The summed E-state index contributed by atoms with van der Waals surface area (Å²) >= 11 is 5.91. The second-order valence-electron chi connectivity index (χ2n) is 5.03. The summed E-state index contributed by atoms with van der Waals surface area (Å²) in [6.45, 7) is -0.109. The molecule has 0 saturated heterocycles. The van der Waals surface area contributed by atoms with Gasteiger partial charge >= 0.3 is 6.61 Å². The van der Waals surface area contributed by atoms with Gasteiger partial charge < -0.3 is 10.1 Å². The van der Waals surface area contributed by atoms with Gasteiger partial charge in [0.05, 0.1) is 0 Å². The summed E-state index contributed by atoms with van der Waals surface area (Å²) < 4.78 is 29.2. The Morgan fingerprint density at radius 3 is 2.84 bits per heavy atom. The number of alkyl halides is 2. The number of halogens is 3. The Balaban J connectivity index is 2.03. The highest BCUT2D eigenvalue weighted by Gasteiger charge is 2.23. The molecule has 1 fully saturated rings. The molecule has 0 bridgehead atoms. The largest absolute Gasteiger partial charge is 0.434 e. The highest BCUT2D eigenvalue weighted by molar-refractivity contribution is 6.30. The third-order valence-corrected chi connectivity index (χ3v) is 3.89. The minimum Gasteiger partial charge on any atom is -0.434 e. The third kappa shape index (κ3) is 4.05. The molecule has 0 radical (unpaired) electrons. The normalized spacial score (nSPS) is 23.0. The number of hydrogen-bond donors (Lipinski definition) is 1. The molecule has 0 heterocycles. The number of ether oxygens (including phenoxy) is 1. The van der Waals surface area contributed by atoms with E-state index in [9.17, 15) is 8.78 Å². The van der Waals surface area contributed by atoms with E-state index in [-0.39, 0.29) is 5.75 Å². The molecule has 1 aromatic rings. The molecule has 2 atom stereocenters. The molecule has 106 valence electrons. The van der Waals surface area contributed by atoms with Crippen LogP contribution < -0.4 is 10.1 Å². The van der Waals surface area contributed by atoms with Gasteiger partial charge in [-0.3, -0.25) is 0 Å². The van der Waals surface area contributed by atoms with Crippen molar-refractivity contribution in [3.05, 3.63) is 28.8 Å². The molecule has 2 nitrogen and oxygen atoms in total. The van der Waals surface area contributed by atoms with Crippen LogP contribution in [-0.2, 0) is 6.54 Å². The van der Waals surface area contributed by atoms with Crippen LogP contribution in [0, 0.1) is 5.92 Å². The van der Waals surface area contributed by atoms with E-state index in [1.54, 1.807) is 12.1 Å². The molecule has 0 aliphatic heterocycles. The second-order valence-corrected chi connectivity index (χ2v) is 5.46. The van der Waals surface area contributed by atoms with Crippen LogP contribution in [0.1, 0.15) is 31.7 Å². The van der Waals surface area contributed by atoms with Crippen LogP contribution >= 0.6 is 11.6 Å². The minimum atomic E-state index is -2.81. The van der Waals surface area contributed by atoms with E-state index in [1.165, 1.54) is 18.9 Å². The highest BCUT2D eigenvalue weighted by Crippen LogP contribution is 2.27. The van der Waals surface area contributed by atoms with Gasteiger partial charge in [-0.15, -0.1) is 0 Å². The van der Waals surface area contributed by atoms with Crippen LogP contribution in [0.5, 0.6) is 5.75 Å². The van der Waals surface area contributed by atoms with E-state index in [0.29, 0.717) is 29.1 Å². The monoisotopic (exact) mass is 289 g/mol. The molecule has 1 saturated carbocycles. The Hall–Kier alpha value is -0.870. The average molecular weight is 290 g/mol. The first-order chi connectivity index (χ1) is 9.06. The first-order valence-corrected chi connectivity index (χ1v) is 6.90. The van der Waals surface area contributed by atoms with Gasteiger partial charge in [0.2, 0.25) is 0 Å². The van der Waals surface area contributed by atoms with Crippen molar-refractivity contribution in [3.8, 4) is 5.75 Å². The molecule has 19 heavy (non-hydrogen) atoms. The lowest BCUT2D eigenvalue weighted by Crippen LogP contribution is -2.30. The molecule has 0 spiro atoms. The van der Waals surface area contributed by atoms with E-state index in [4.69, 9.17) is 11.6 Å². The van der Waals surface area contributed by atoms with Crippen LogP contribution in [0.25, 0.3) is 0 Å². The Morgan fingerprint density at radius 2 is 2.21 bits per heavy atom. The zero-order chi connectivity index (χ0) is 13.8. The third-order valence-electron chi connectivity index (χ3n) is 3.65. The Bertz CT molecular complexity index is 428. The quantitative estimate of drug-likeness (QED) is 0.876. The van der Waals surface area contributed by atoms with Crippen molar-refractivity contribution in [2.75, 3.05) is 0 Å². The molecular formula is C14H18ClF2NO. The van der Waals surface area contributed by atoms with Crippen LogP contribution in [0.4, 0.5) is 8.78 Å². The SMILES string of the molecule is CC1CCCC1NCc1cc(Cl)ccc1OC(F)F. The summed E-state index contributed by atoms with van der Waals surface area (Å²) in [6.07, 6.45) is 3.56. The standard InChI is InChI=1S/C14H18ClF2NO/c1-9-3-2-4-12(9)18-8-10-7-11(15)5-6-13(10)19-14(16)17/h5-7,9,12,14,18H,2-4,8H2,1H3. The lowest BCUT2D eigenvalue weighted by molar-refractivity contribution is -0.0505. The zero-order valence-corrected chi connectivity index (χ0v) is 11.6. The van der Waals surface area contributed by atoms with Gasteiger partial charge in [0.25, 0.3) is 0 Å². The molecule has 2 unspecified atom stereocenters. The number of benzene rings is 1. The van der Waals surface area contributed by atoms with Gasteiger partial charge in [0.1, 0.15) is 5.75 Å². The van der Waals surface area contributed by atoms with Gasteiger partial charge in [-0.1, -0.05) is 24.9 Å². The summed E-state index contributed by atoms with van der Waals surface area (Å²) in [5, 5.41) is 3.93. The molecule has 1 aliphatic carbocycles. The molecular weight excluding hydrogens is 272 g/mol. The average Bonchev–Trinajstić information content (AvgIpc) is 2.75. The van der Waals surface area contributed by atoms with E-state index in [0.717, 1.165) is 6.42 Å². The predicted octanol–water partition coefficient (Wildman–Crippen LogP) is 4.22. The maximum absolute atomic E-state index is 12.3. The van der Waals surface area contributed by atoms with Crippen molar-refractivity contribution < 1.29 is 13.5 Å². The van der Waals surface area contributed by atoms with Gasteiger partial charge in [-0.25, -0.2) is 0 Å². The Kier molecular flexibility index (Phi) is 4.99. The zero-order valence-electron chi connectivity index (χ0n) is 10.8. The number of nitrogens with one attached hydrogen (secondary N) is 1. The smallest absolute Gasteiger partial charge is 0.387 e. The summed E-state index contributed by atoms with van der Waals surface area (Å²) in [4.78, 5) is 0. The van der Waals surface area contributed by atoms with E-state index >= 15 is 0 Å². The van der Waals surface area contributed by atoms with Crippen molar-refractivity contribution in [3.63, 3.8) is 0 Å². The van der Waals surface area contributed by atoms with Gasteiger partial charge in [-0.2, -0.15) is 8.78 Å². The first kappa shape index (κ1) is 14.5. The maximum Gasteiger partial charge on any atom is 0.387 e. The molecule has 0 aromatic heterocycles. The number of rotatable bonds is 5. The van der Waals surface area contributed by atoms with Gasteiger partial charge in [-0.05, 0) is 37.0 Å². The molecule has 1 aromatic carbocycles. The fourth-order valence-corrected chi connectivity index (χ4v) is 2.78. The second kappa shape index (κ2) is 6.53. The maximum atomic E-state index is 12.3. The fourth-order valence-electron chi connectivity index (χ4n) is 2.59. The van der Waals surface area contributed by atoms with Crippen LogP contribution in [-0.4, -0.2) is 12.7 Å². The van der Waals surface area contributed by atoms with Crippen molar-refractivity contribution in [2.24, 2.45) is 5.92 Å².